The minimum Gasteiger partial charge on any atom is -0.294 e. The van der Waals surface area contributed by atoms with E-state index in [4.69, 9.17) is 5.41 Å². The van der Waals surface area contributed by atoms with Gasteiger partial charge in [-0.15, -0.1) is 0 Å². The van der Waals surface area contributed by atoms with Gasteiger partial charge in [-0.2, -0.15) is 0 Å². The van der Waals surface area contributed by atoms with Crippen molar-refractivity contribution >= 4 is 17.3 Å². The van der Waals surface area contributed by atoms with Gasteiger partial charge in [0, 0.05) is 5.92 Å². The molecule has 0 bridgehead atoms. The van der Waals surface area contributed by atoms with E-state index in [9.17, 15) is 9.59 Å². The molecule has 3 heteroatoms. The van der Waals surface area contributed by atoms with E-state index in [0.717, 1.165) is 0 Å². The molecule has 0 radical (unpaired) electrons. The number of carbonyl (C=O) groups is 2. The summed E-state index contributed by atoms with van der Waals surface area (Å²) in [5.41, 5.74) is 0.125. The summed E-state index contributed by atoms with van der Waals surface area (Å²) >= 11 is 0. The molecule has 0 aromatic carbocycles. The fraction of sp³-hybridized carbons (Fsp3) is 0.375. The summed E-state index contributed by atoms with van der Waals surface area (Å²) in [4.78, 5) is 22.0. The largest absolute Gasteiger partial charge is 0.294 e. The Kier molecular flexibility index (Phi) is 1.72. The van der Waals surface area contributed by atoms with Gasteiger partial charge in [0.15, 0.2) is 5.78 Å². The third-order valence-electron chi connectivity index (χ3n) is 1.75. The van der Waals surface area contributed by atoms with Gasteiger partial charge >= 0.3 is 0 Å². The van der Waals surface area contributed by atoms with E-state index in [2.05, 4.69) is 0 Å². The molecular formula is C8H9NO2. The van der Waals surface area contributed by atoms with Crippen molar-refractivity contribution in [3.63, 3.8) is 0 Å². The molecule has 3 nitrogen and oxygen atoms in total. The minimum atomic E-state index is -0.437. The van der Waals surface area contributed by atoms with Crippen molar-refractivity contribution in [1.82, 2.24) is 0 Å². The Bertz CT molecular complexity index is 276. The van der Waals surface area contributed by atoms with Crippen molar-refractivity contribution < 1.29 is 9.59 Å². The summed E-state index contributed by atoms with van der Waals surface area (Å²) in [5, 5.41) is 7.12. The number of rotatable bonds is 0. The van der Waals surface area contributed by atoms with Crippen molar-refractivity contribution in [2.45, 2.75) is 13.8 Å². The van der Waals surface area contributed by atoms with Crippen LogP contribution in [0.25, 0.3) is 0 Å². The first kappa shape index (κ1) is 7.85. The second-order valence-corrected chi connectivity index (χ2v) is 2.71. The standard InChI is InChI=1S/C8H9NO2/c1-4-3-5(2)8(11)6(9)7(4)10/h3-4,9H,1-2H3. The van der Waals surface area contributed by atoms with Gasteiger partial charge in [0.2, 0.25) is 5.78 Å². The molecule has 0 aliphatic heterocycles. The number of Topliss-reactive ketones (excluding diaryl/α,β-unsaturated/α-hetero) is 2. The van der Waals surface area contributed by atoms with E-state index in [0.29, 0.717) is 5.57 Å². The van der Waals surface area contributed by atoms with Crippen molar-refractivity contribution in [3.8, 4) is 0 Å². The highest BCUT2D eigenvalue weighted by atomic mass is 16.2. The zero-order valence-corrected chi connectivity index (χ0v) is 6.47. The quantitative estimate of drug-likeness (QED) is 0.555. The molecule has 0 saturated heterocycles. The molecule has 0 aromatic heterocycles. The lowest BCUT2D eigenvalue weighted by atomic mass is 9.89. The molecule has 1 N–H and O–H groups in total. The Morgan fingerprint density at radius 1 is 1.45 bits per heavy atom. The predicted molar refractivity (Wildman–Crippen MR) is 40.7 cm³/mol. The van der Waals surface area contributed by atoms with Crippen LogP contribution in [0.5, 0.6) is 0 Å². The van der Waals surface area contributed by atoms with Crippen LogP contribution in [0.4, 0.5) is 0 Å². The van der Waals surface area contributed by atoms with E-state index >= 15 is 0 Å². The zero-order chi connectivity index (χ0) is 8.59. The van der Waals surface area contributed by atoms with E-state index < -0.39 is 5.78 Å². The topological polar surface area (TPSA) is 58.0 Å². The third kappa shape index (κ3) is 1.13. The first-order valence-corrected chi connectivity index (χ1v) is 3.40. The fourth-order valence-corrected chi connectivity index (χ4v) is 1.06. The summed E-state index contributed by atoms with van der Waals surface area (Å²) < 4.78 is 0. The van der Waals surface area contributed by atoms with E-state index in [1.54, 1.807) is 19.9 Å². The molecule has 1 aliphatic carbocycles. The fourth-order valence-electron chi connectivity index (χ4n) is 1.06. The Hall–Kier alpha value is -1.25. The van der Waals surface area contributed by atoms with Gasteiger partial charge < -0.3 is 0 Å². The van der Waals surface area contributed by atoms with Crippen LogP contribution in [0.1, 0.15) is 13.8 Å². The van der Waals surface area contributed by atoms with Gasteiger partial charge in [0.25, 0.3) is 0 Å². The normalized spacial score (nSPS) is 25.5. The molecule has 11 heavy (non-hydrogen) atoms. The van der Waals surface area contributed by atoms with Crippen LogP contribution in [0.3, 0.4) is 0 Å². The molecule has 1 unspecified atom stereocenters. The molecule has 0 amide bonds. The zero-order valence-electron chi connectivity index (χ0n) is 6.47. The van der Waals surface area contributed by atoms with Crippen molar-refractivity contribution in [2.24, 2.45) is 5.92 Å². The van der Waals surface area contributed by atoms with Crippen LogP contribution in [0.15, 0.2) is 11.6 Å². The van der Waals surface area contributed by atoms with Crippen molar-refractivity contribution in [3.05, 3.63) is 11.6 Å². The van der Waals surface area contributed by atoms with Crippen LogP contribution in [-0.2, 0) is 9.59 Å². The highest BCUT2D eigenvalue weighted by molar-refractivity contribution is 6.69. The van der Waals surface area contributed by atoms with Crippen LogP contribution < -0.4 is 0 Å². The van der Waals surface area contributed by atoms with Gasteiger partial charge in [0.05, 0.1) is 0 Å². The van der Waals surface area contributed by atoms with E-state index in [1.807, 2.05) is 0 Å². The van der Waals surface area contributed by atoms with Gasteiger partial charge in [0.1, 0.15) is 5.71 Å². The summed E-state index contributed by atoms with van der Waals surface area (Å²) in [6, 6.07) is 0. The van der Waals surface area contributed by atoms with Gasteiger partial charge in [-0.05, 0) is 12.5 Å². The van der Waals surface area contributed by atoms with Gasteiger partial charge in [-0.25, -0.2) is 0 Å². The van der Waals surface area contributed by atoms with Gasteiger partial charge in [-0.1, -0.05) is 13.0 Å². The maximum absolute atomic E-state index is 11.0. The Morgan fingerprint density at radius 2 is 2.00 bits per heavy atom. The summed E-state index contributed by atoms with van der Waals surface area (Å²) in [6.45, 7) is 3.31. The molecule has 1 atom stereocenters. The molecule has 0 spiro atoms. The Balaban J connectivity index is 3.12. The first-order valence-electron chi connectivity index (χ1n) is 3.40. The first-order chi connectivity index (χ1) is 5.04. The lowest BCUT2D eigenvalue weighted by Gasteiger charge is -2.13. The number of hydrogen-bond acceptors (Lipinski definition) is 3. The smallest absolute Gasteiger partial charge is 0.209 e. The summed E-state index contributed by atoms with van der Waals surface area (Å²) in [6.07, 6.45) is 1.60. The van der Waals surface area contributed by atoms with Crippen molar-refractivity contribution in [2.75, 3.05) is 0 Å². The number of hydrogen-bond donors (Lipinski definition) is 1. The third-order valence-corrected chi connectivity index (χ3v) is 1.75. The second-order valence-electron chi connectivity index (χ2n) is 2.71. The van der Waals surface area contributed by atoms with Crippen molar-refractivity contribution in [1.29, 1.82) is 5.41 Å². The summed E-state index contributed by atoms with van der Waals surface area (Å²) in [5.74, 6) is -1.12. The minimum absolute atomic E-state index is 0.305. The predicted octanol–water partition coefficient (Wildman–Crippen LogP) is 0.740. The van der Waals surface area contributed by atoms with Crippen LogP contribution >= 0.6 is 0 Å². The maximum Gasteiger partial charge on any atom is 0.209 e. The molecule has 0 saturated carbocycles. The molecule has 1 aliphatic rings. The van der Waals surface area contributed by atoms with E-state index in [-0.39, 0.29) is 17.4 Å². The van der Waals surface area contributed by atoms with Crippen LogP contribution in [-0.4, -0.2) is 17.3 Å². The molecule has 0 heterocycles. The van der Waals surface area contributed by atoms with E-state index in [1.165, 1.54) is 0 Å². The lowest BCUT2D eigenvalue weighted by Crippen LogP contribution is -2.32. The number of carbonyl (C=O) groups excluding carboxylic acids is 2. The second kappa shape index (κ2) is 2.42. The number of allylic oxidation sites excluding steroid dienone is 2. The molecule has 0 fully saturated rings. The van der Waals surface area contributed by atoms with Crippen LogP contribution in [0, 0.1) is 11.3 Å². The summed E-state index contributed by atoms with van der Waals surface area (Å²) in [7, 11) is 0. The maximum atomic E-state index is 11.0. The lowest BCUT2D eigenvalue weighted by molar-refractivity contribution is -0.117. The highest BCUT2D eigenvalue weighted by Crippen LogP contribution is 2.13. The van der Waals surface area contributed by atoms with Gasteiger partial charge in [-0.3, -0.25) is 15.0 Å². The molecule has 0 aromatic rings. The number of nitrogens with one attached hydrogen (secondary N) is 1. The monoisotopic (exact) mass is 151 g/mol. The average Bonchev–Trinajstić information content (AvgIpc) is 1.97. The Morgan fingerprint density at radius 3 is 2.55 bits per heavy atom. The number of ketones is 2. The average molecular weight is 151 g/mol. The Labute approximate surface area is 64.6 Å². The molecule has 1 rings (SSSR count). The van der Waals surface area contributed by atoms with Crippen LogP contribution in [0.2, 0.25) is 0 Å². The molecular weight excluding hydrogens is 142 g/mol. The molecule has 58 valence electrons. The highest BCUT2D eigenvalue weighted by Gasteiger charge is 2.28. The SMILES string of the molecule is CC1=CC(C)C(=O)C(=N)C1=O.